The Labute approximate surface area is 123 Å². The minimum Gasteiger partial charge on any atom is -0.491 e. The average molecular weight is 296 g/mol. The maximum atomic E-state index is 12.8. The van der Waals surface area contributed by atoms with Gasteiger partial charge < -0.3 is 14.7 Å². The molecule has 0 aliphatic carbocycles. The number of β-amino-alcohol motifs (C(OH)–C–C–N with tert-alkyl or cyclic N) is 1. The number of rotatable bonds is 6. The highest BCUT2D eigenvalue weighted by atomic mass is 19.1. The van der Waals surface area contributed by atoms with Crippen molar-refractivity contribution in [3.63, 3.8) is 0 Å². The second-order valence-corrected chi connectivity index (χ2v) is 5.21. The smallest absolute Gasteiger partial charge is 0.209 e. The van der Waals surface area contributed by atoms with Crippen LogP contribution in [0.4, 0.5) is 4.39 Å². The van der Waals surface area contributed by atoms with Crippen molar-refractivity contribution in [2.75, 3.05) is 39.3 Å². The zero-order chi connectivity index (χ0) is 15.1. The van der Waals surface area contributed by atoms with Gasteiger partial charge >= 0.3 is 0 Å². The molecule has 0 saturated carbocycles. The molecule has 1 unspecified atom stereocenters. The summed E-state index contributed by atoms with van der Waals surface area (Å²) >= 11 is 0. The number of hydrogen-bond donors (Lipinski definition) is 1. The lowest BCUT2D eigenvalue weighted by Crippen LogP contribution is -2.38. The van der Waals surface area contributed by atoms with Crippen LogP contribution >= 0.6 is 0 Å². The summed E-state index contributed by atoms with van der Waals surface area (Å²) < 4.78 is 18.2. The number of nitrogens with zero attached hydrogens (tertiary/aromatic N) is 2. The lowest BCUT2D eigenvalue weighted by Gasteiger charge is -2.23. The van der Waals surface area contributed by atoms with E-state index in [2.05, 4.69) is 4.90 Å². The van der Waals surface area contributed by atoms with Crippen LogP contribution in [0.25, 0.3) is 0 Å². The highest BCUT2D eigenvalue weighted by molar-refractivity contribution is 5.46. The van der Waals surface area contributed by atoms with Gasteiger partial charge in [-0.05, 0) is 37.2 Å². The number of carbonyl (C=O) groups is 1. The van der Waals surface area contributed by atoms with Gasteiger partial charge in [-0.1, -0.05) is 0 Å². The van der Waals surface area contributed by atoms with Crippen molar-refractivity contribution >= 4 is 6.41 Å². The highest BCUT2D eigenvalue weighted by Crippen LogP contribution is 2.11. The van der Waals surface area contributed by atoms with E-state index in [4.69, 9.17) is 4.74 Å². The first-order valence-electron chi connectivity index (χ1n) is 7.15. The minimum atomic E-state index is -0.613. The first-order chi connectivity index (χ1) is 10.2. The van der Waals surface area contributed by atoms with Crippen molar-refractivity contribution in [3.8, 4) is 5.75 Å². The molecule has 1 atom stereocenters. The van der Waals surface area contributed by atoms with Crippen LogP contribution in [0.1, 0.15) is 6.42 Å². The predicted octanol–water partition coefficient (Wildman–Crippen LogP) is 0.729. The maximum absolute atomic E-state index is 12.8. The third-order valence-electron chi connectivity index (χ3n) is 3.50. The molecule has 0 aromatic heterocycles. The number of aliphatic hydroxyl groups excluding tert-OH is 1. The molecule has 1 fully saturated rings. The van der Waals surface area contributed by atoms with Crippen molar-refractivity contribution in [2.24, 2.45) is 0 Å². The molecular formula is C15H21FN2O3. The molecule has 2 rings (SSSR count). The quantitative estimate of drug-likeness (QED) is 0.786. The van der Waals surface area contributed by atoms with Gasteiger partial charge in [0, 0.05) is 26.2 Å². The first-order valence-corrected chi connectivity index (χ1v) is 7.15. The van der Waals surface area contributed by atoms with E-state index < -0.39 is 6.10 Å². The summed E-state index contributed by atoms with van der Waals surface area (Å²) in [5.74, 6) is 0.227. The van der Waals surface area contributed by atoms with E-state index in [1.807, 2.05) is 0 Å². The summed E-state index contributed by atoms with van der Waals surface area (Å²) in [5, 5.41) is 10.0. The molecule has 1 aliphatic heterocycles. The van der Waals surface area contributed by atoms with Gasteiger partial charge in [0.1, 0.15) is 24.3 Å². The monoisotopic (exact) mass is 296 g/mol. The number of carbonyl (C=O) groups excluding carboxylic acids is 1. The van der Waals surface area contributed by atoms with Gasteiger partial charge in [0.05, 0.1) is 0 Å². The van der Waals surface area contributed by atoms with Crippen LogP contribution in [-0.2, 0) is 4.79 Å². The van der Waals surface area contributed by atoms with E-state index in [9.17, 15) is 14.3 Å². The van der Waals surface area contributed by atoms with E-state index >= 15 is 0 Å². The Morgan fingerprint density at radius 1 is 1.24 bits per heavy atom. The maximum Gasteiger partial charge on any atom is 0.209 e. The first kappa shape index (κ1) is 15.7. The van der Waals surface area contributed by atoms with Crippen LogP contribution in [0.5, 0.6) is 5.75 Å². The Hall–Kier alpha value is -1.66. The predicted molar refractivity (Wildman–Crippen MR) is 76.6 cm³/mol. The molecule has 5 nitrogen and oxygen atoms in total. The summed E-state index contributed by atoms with van der Waals surface area (Å²) in [6.45, 7) is 3.74. The van der Waals surface area contributed by atoms with Crippen molar-refractivity contribution in [1.82, 2.24) is 9.80 Å². The fourth-order valence-corrected chi connectivity index (χ4v) is 2.35. The molecule has 1 heterocycles. The molecule has 1 saturated heterocycles. The number of amides is 1. The van der Waals surface area contributed by atoms with Crippen LogP contribution in [0.2, 0.25) is 0 Å². The van der Waals surface area contributed by atoms with E-state index in [0.29, 0.717) is 18.8 Å². The Kier molecular flexibility index (Phi) is 5.95. The number of halogens is 1. The second-order valence-electron chi connectivity index (χ2n) is 5.21. The minimum absolute atomic E-state index is 0.166. The molecule has 1 aromatic carbocycles. The lowest BCUT2D eigenvalue weighted by molar-refractivity contribution is -0.118. The van der Waals surface area contributed by atoms with Crippen molar-refractivity contribution < 1.29 is 19.0 Å². The molecule has 1 amide bonds. The van der Waals surface area contributed by atoms with E-state index in [-0.39, 0.29) is 12.4 Å². The second kappa shape index (κ2) is 7.95. The van der Waals surface area contributed by atoms with E-state index in [1.165, 1.54) is 24.3 Å². The van der Waals surface area contributed by atoms with Crippen LogP contribution < -0.4 is 4.74 Å². The Morgan fingerprint density at radius 2 is 2.00 bits per heavy atom. The fourth-order valence-electron chi connectivity index (χ4n) is 2.35. The highest BCUT2D eigenvalue weighted by Gasteiger charge is 2.16. The van der Waals surface area contributed by atoms with Crippen molar-refractivity contribution in [3.05, 3.63) is 30.1 Å². The number of hydrogen-bond acceptors (Lipinski definition) is 4. The molecule has 21 heavy (non-hydrogen) atoms. The molecule has 1 aliphatic rings. The van der Waals surface area contributed by atoms with Crippen molar-refractivity contribution in [1.29, 1.82) is 0 Å². The van der Waals surface area contributed by atoms with Gasteiger partial charge in [-0.15, -0.1) is 0 Å². The van der Waals surface area contributed by atoms with E-state index in [1.54, 1.807) is 4.90 Å². The SMILES string of the molecule is O=CN1CCCN(CC(O)COc2ccc(F)cc2)CC1. The Morgan fingerprint density at radius 3 is 2.71 bits per heavy atom. The summed E-state index contributed by atoms with van der Waals surface area (Å²) in [5.41, 5.74) is 0. The number of aliphatic hydroxyl groups is 1. The van der Waals surface area contributed by atoms with Gasteiger partial charge in [-0.2, -0.15) is 0 Å². The summed E-state index contributed by atoms with van der Waals surface area (Å²) in [6, 6.07) is 5.72. The van der Waals surface area contributed by atoms with Crippen molar-refractivity contribution in [2.45, 2.75) is 12.5 Å². The van der Waals surface area contributed by atoms with Gasteiger partial charge in [-0.25, -0.2) is 4.39 Å². The normalized spacial score (nSPS) is 18.1. The summed E-state index contributed by atoms with van der Waals surface area (Å²) in [7, 11) is 0. The topological polar surface area (TPSA) is 53.0 Å². The summed E-state index contributed by atoms with van der Waals surface area (Å²) in [6.07, 6.45) is 1.17. The largest absolute Gasteiger partial charge is 0.491 e. The van der Waals surface area contributed by atoms with Gasteiger partial charge in [0.15, 0.2) is 0 Å². The molecule has 6 heteroatoms. The Bertz CT molecular complexity index is 441. The van der Waals surface area contributed by atoms with Crippen LogP contribution in [0.3, 0.4) is 0 Å². The van der Waals surface area contributed by atoms with Gasteiger partial charge in [0.25, 0.3) is 0 Å². The lowest BCUT2D eigenvalue weighted by atomic mass is 10.3. The molecule has 0 radical (unpaired) electrons. The molecule has 1 aromatic rings. The standard InChI is InChI=1S/C15H21FN2O3/c16-13-2-4-15(5-3-13)21-11-14(20)10-17-6-1-7-18(12-19)9-8-17/h2-5,12,14,20H,1,6-11H2. The van der Waals surface area contributed by atoms with E-state index in [0.717, 1.165) is 32.5 Å². The third-order valence-corrected chi connectivity index (χ3v) is 3.50. The molecule has 1 N–H and O–H groups in total. The molecule has 116 valence electrons. The fraction of sp³-hybridized carbons (Fsp3) is 0.533. The third kappa shape index (κ3) is 5.32. The summed E-state index contributed by atoms with van der Waals surface area (Å²) in [4.78, 5) is 14.6. The zero-order valence-electron chi connectivity index (χ0n) is 11.9. The van der Waals surface area contributed by atoms with Gasteiger partial charge in [-0.3, -0.25) is 9.69 Å². The Balaban J connectivity index is 1.72. The number of ether oxygens (including phenoxy) is 1. The van der Waals surface area contributed by atoms with Crippen LogP contribution in [-0.4, -0.2) is 66.8 Å². The molecule has 0 spiro atoms. The zero-order valence-corrected chi connectivity index (χ0v) is 11.9. The number of benzene rings is 1. The molecule has 0 bridgehead atoms. The van der Waals surface area contributed by atoms with Crippen LogP contribution in [0.15, 0.2) is 24.3 Å². The average Bonchev–Trinajstić information content (AvgIpc) is 2.72. The van der Waals surface area contributed by atoms with Crippen LogP contribution in [0, 0.1) is 5.82 Å². The van der Waals surface area contributed by atoms with Gasteiger partial charge in [0.2, 0.25) is 6.41 Å². The molecular weight excluding hydrogens is 275 g/mol.